The predicted octanol–water partition coefficient (Wildman–Crippen LogP) is 3.52. The predicted molar refractivity (Wildman–Crippen MR) is 120 cm³/mol. The van der Waals surface area contributed by atoms with Crippen molar-refractivity contribution in [2.45, 2.75) is 13.0 Å². The van der Waals surface area contributed by atoms with Gasteiger partial charge in [-0.3, -0.25) is 4.99 Å². The number of hydrogen-bond donors (Lipinski definition) is 2. The van der Waals surface area contributed by atoms with E-state index in [2.05, 4.69) is 15.6 Å². The molecule has 6 nitrogen and oxygen atoms in total. The van der Waals surface area contributed by atoms with E-state index in [4.69, 9.17) is 14.2 Å². The van der Waals surface area contributed by atoms with Crippen LogP contribution in [0.4, 0.5) is 8.78 Å². The molecule has 2 N–H and O–H groups in total. The topological polar surface area (TPSA) is 64.1 Å². The summed E-state index contributed by atoms with van der Waals surface area (Å²) in [6.07, 6.45) is 0.589. The van der Waals surface area contributed by atoms with Crippen LogP contribution < -0.4 is 24.8 Å². The molecule has 0 aliphatic carbocycles. The molecule has 2 rings (SSSR count). The fourth-order valence-corrected chi connectivity index (χ4v) is 2.71. The molecule has 0 unspecified atom stereocenters. The highest BCUT2D eigenvalue weighted by molar-refractivity contribution is 14.0. The summed E-state index contributed by atoms with van der Waals surface area (Å²) in [4.78, 5) is 4.09. The standard InChI is InChI=1S/C20H25F2N3O3.HI/c1-23-20(25-12-13-9-14(21)5-6-17(13)22)24-8-7-16-18(27-3)10-15(26-2)11-19(16)28-4;/h5-6,9-11H,7-8,12H2,1-4H3,(H2,23,24,25);1H. The minimum absolute atomic E-state index is 0. The summed E-state index contributed by atoms with van der Waals surface area (Å²) in [5.74, 6) is 1.46. The Bertz CT molecular complexity index is 810. The average Bonchev–Trinajstić information content (AvgIpc) is 2.72. The Morgan fingerprint density at radius 3 is 2.17 bits per heavy atom. The Morgan fingerprint density at radius 2 is 1.62 bits per heavy atom. The van der Waals surface area contributed by atoms with Crippen LogP contribution in [-0.2, 0) is 13.0 Å². The number of guanidine groups is 1. The Morgan fingerprint density at radius 1 is 0.966 bits per heavy atom. The van der Waals surface area contributed by atoms with Crippen molar-refractivity contribution in [1.29, 1.82) is 0 Å². The zero-order chi connectivity index (χ0) is 20.5. The molecule has 0 saturated carbocycles. The Kier molecular flexibility index (Phi) is 10.5. The lowest BCUT2D eigenvalue weighted by Gasteiger charge is -2.16. The van der Waals surface area contributed by atoms with Crippen LogP contribution in [0.3, 0.4) is 0 Å². The van der Waals surface area contributed by atoms with E-state index in [9.17, 15) is 8.78 Å². The van der Waals surface area contributed by atoms with Crippen molar-refractivity contribution in [3.63, 3.8) is 0 Å². The van der Waals surface area contributed by atoms with E-state index in [0.29, 0.717) is 36.2 Å². The van der Waals surface area contributed by atoms with Gasteiger partial charge in [-0.15, -0.1) is 24.0 Å². The van der Waals surface area contributed by atoms with Gasteiger partial charge in [0.05, 0.1) is 21.3 Å². The first-order valence-electron chi connectivity index (χ1n) is 8.69. The number of nitrogens with one attached hydrogen (secondary N) is 2. The van der Waals surface area contributed by atoms with Crippen molar-refractivity contribution in [3.8, 4) is 17.2 Å². The Labute approximate surface area is 186 Å². The zero-order valence-electron chi connectivity index (χ0n) is 16.8. The maximum Gasteiger partial charge on any atom is 0.191 e. The fourth-order valence-electron chi connectivity index (χ4n) is 2.71. The van der Waals surface area contributed by atoms with Crippen molar-refractivity contribution in [2.75, 3.05) is 34.9 Å². The second-order valence-electron chi connectivity index (χ2n) is 5.85. The average molecular weight is 521 g/mol. The van der Waals surface area contributed by atoms with Gasteiger partial charge in [0, 0.05) is 43.4 Å². The summed E-state index contributed by atoms with van der Waals surface area (Å²) in [6, 6.07) is 6.92. The number of nitrogens with zero attached hydrogens (tertiary/aromatic N) is 1. The smallest absolute Gasteiger partial charge is 0.191 e. The molecule has 2 aromatic carbocycles. The SMILES string of the molecule is CN=C(NCCc1c(OC)cc(OC)cc1OC)NCc1cc(F)ccc1F.I. The monoisotopic (exact) mass is 521 g/mol. The third-order valence-corrected chi connectivity index (χ3v) is 4.16. The minimum Gasteiger partial charge on any atom is -0.496 e. The lowest BCUT2D eigenvalue weighted by Crippen LogP contribution is -2.38. The van der Waals surface area contributed by atoms with Crippen LogP contribution in [0, 0.1) is 11.6 Å². The second-order valence-corrected chi connectivity index (χ2v) is 5.85. The molecule has 160 valence electrons. The van der Waals surface area contributed by atoms with E-state index in [0.717, 1.165) is 23.8 Å². The maximum atomic E-state index is 13.7. The van der Waals surface area contributed by atoms with E-state index in [-0.39, 0.29) is 36.1 Å². The molecule has 0 fully saturated rings. The number of halogens is 3. The van der Waals surface area contributed by atoms with Crippen molar-refractivity contribution in [1.82, 2.24) is 10.6 Å². The van der Waals surface area contributed by atoms with Gasteiger partial charge in [0.25, 0.3) is 0 Å². The molecular weight excluding hydrogens is 495 g/mol. The molecule has 2 aromatic rings. The number of rotatable bonds is 8. The van der Waals surface area contributed by atoms with Crippen LogP contribution >= 0.6 is 24.0 Å². The molecule has 0 spiro atoms. The summed E-state index contributed by atoms with van der Waals surface area (Å²) in [5.41, 5.74) is 1.10. The molecule has 0 aromatic heterocycles. The van der Waals surface area contributed by atoms with Crippen molar-refractivity contribution in [3.05, 3.63) is 53.1 Å². The van der Waals surface area contributed by atoms with E-state index in [1.807, 2.05) is 0 Å². The van der Waals surface area contributed by atoms with Crippen LogP contribution in [-0.4, -0.2) is 40.9 Å². The first-order chi connectivity index (χ1) is 13.5. The first kappa shape index (κ1) is 24.7. The molecule has 0 bridgehead atoms. The van der Waals surface area contributed by atoms with E-state index in [1.54, 1.807) is 40.5 Å². The van der Waals surface area contributed by atoms with Gasteiger partial charge in [-0.2, -0.15) is 0 Å². The van der Waals surface area contributed by atoms with Crippen molar-refractivity contribution in [2.24, 2.45) is 4.99 Å². The van der Waals surface area contributed by atoms with Crippen LogP contribution in [0.5, 0.6) is 17.2 Å². The molecule has 0 radical (unpaired) electrons. The van der Waals surface area contributed by atoms with Gasteiger partial charge in [0.2, 0.25) is 0 Å². The van der Waals surface area contributed by atoms with E-state index < -0.39 is 11.6 Å². The fraction of sp³-hybridized carbons (Fsp3) is 0.350. The van der Waals surface area contributed by atoms with Gasteiger partial charge in [-0.25, -0.2) is 8.78 Å². The summed E-state index contributed by atoms with van der Waals surface area (Å²) in [7, 11) is 6.34. The van der Waals surface area contributed by atoms with Crippen LogP contribution in [0.25, 0.3) is 0 Å². The molecule has 0 amide bonds. The normalized spacial score (nSPS) is 10.8. The number of benzene rings is 2. The number of hydrogen-bond acceptors (Lipinski definition) is 4. The van der Waals surface area contributed by atoms with Crippen molar-refractivity contribution < 1.29 is 23.0 Å². The highest BCUT2D eigenvalue weighted by Gasteiger charge is 2.13. The summed E-state index contributed by atoms with van der Waals surface area (Å²) in [6.45, 7) is 0.628. The summed E-state index contributed by atoms with van der Waals surface area (Å²) in [5, 5.41) is 6.10. The largest absolute Gasteiger partial charge is 0.496 e. The minimum atomic E-state index is -0.486. The molecule has 0 saturated heterocycles. The second kappa shape index (κ2) is 12.3. The lowest BCUT2D eigenvalue weighted by atomic mass is 10.1. The molecule has 9 heteroatoms. The summed E-state index contributed by atoms with van der Waals surface area (Å²) >= 11 is 0. The van der Waals surface area contributed by atoms with E-state index in [1.165, 1.54) is 0 Å². The van der Waals surface area contributed by atoms with Gasteiger partial charge in [-0.05, 0) is 24.6 Å². The Hall–Kier alpha value is -2.30. The first-order valence-corrected chi connectivity index (χ1v) is 8.69. The van der Waals surface area contributed by atoms with Gasteiger partial charge in [-0.1, -0.05) is 0 Å². The molecule has 29 heavy (non-hydrogen) atoms. The lowest BCUT2D eigenvalue weighted by molar-refractivity contribution is 0.368. The van der Waals surface area contributed by atoms with Crippen LogP contribution in [0.15, 0.2) is 35.3 Å². The molecular formula is C20H26F2IN3O3. The van der Waals surface area contributed by atoms with Gasteiger partial charge in [0.1, 0.15) is 28.9 Å². The van der Waals surface area contributed by atoms with Crippen LogP contribution in [0.1, 0.15) is 11.1 Å². The third kappa shape index (κ3) is 6.91. The maximum absolute atomic E-state index is 13.7. The van der Waals surface area contributed by atoms with Crippen molar-refractivity contribution >= 4 is 29.9 Å². The highest BCUT2D eigenvalue weighted by atomic mass is 127. The molecule has 0 atom stereocenters. The van der Waals surface area contributed by atoms with Gasteiger partial charge >= 0.3 is 0 Å². The third-order valence-electron chi connectivity index (χ3n) is 4.16. The Balaban J connectivity index is 0.00000420. The van der Waals surface area contributed by atoms with Crippen LogP contribution in [0.2, 0.25) is 0 Å². The van der Waals surface area contributed by atoms with Gasteiger partial charge < -0.3 is 24.8 Å². The summed E-state index contributed by atoms with van der Waals surface area (Å²) < 4.78 is 43.1. The quantitative estimate of drug-likeness (QED) is 0.317. The molecule has 0 heterocycles. The van der Waals surface area contributed by atoms with E-state index >= 15 is 0 Å². The highest BCUT2D eigenvalue weighted by Crippen LogP contribution is 2.34. The number of ether oxygens (including phenoxy) is 3. The molecule has 0 aliphatic heterocycles. The van der Waals surface area contributed by atoms with Gasteiger partial charge in [0.15, 0.2) is 5.96 Å². The molecule has 0 aliphatic rings. The number of methoxy groups -OCH3 is 3. The number of aliphatic imine (C=N–C) groups is 1. The zero-order valence-corrected chi connectivity index (χ0v) is 19.2.